The first-order chi connectivity index (χ1) is 11.1. The normalized spacial score (nSPS) is 12.5. The Bertz CT molecular complexity index is 804. The van der Waals surface area contributed by atoms with E-state index in [2.05, 4.69) is 84.1 Å². The molecule has 0 aliphatic heterocycles. The first-order valence-electron chi connectivity index (χ1n) is 7.99. The number of hydrogen-bond donors (Lipinski definition) is 1. The van der Waals surface area contributed by atoms with Crippen LogP contribution in [-0.4, -0.2) is 23.5 Å². The van der Waals surface area contributed by atoms with E-state index >= 15 is 0 Å². The van der Waals surface area contributed by atoms with Gasteiger partial charge in [0.2, 0.25) is 0 Å². The molecule has 1 unspecified atom stereocenters. The number of pyridine rings is 1. The van der Waals surface area contributed by atoms with Gasteiger partial charge in [-0.25, -0.2) is 4.98 Å². The number of nitrogens with one attached hydrogen (secondary N) is 1. The lowest BCUT2D eigenvalue weighted by molar-refractivity contribution is 0.569. The number of imidazole rings is 1. The molecular weight excluding hydrogens is 284 g/mol. The highest BCUT2D eigenvalue weighted by atomic mass is 15.1. The topological polar surface area (TPSA) is 32.6 Å². The molecule has 3 rings (SSSR count). The molecule has 4 heteroatoms. The van der Waals surface area contributed by atoms with E-state index in [1.165, 1.54) is 16.9 Å². The largest absolute Gasteiger partial charge is 0.377 e. The number of nitrogens with zero attached hydrogens (tertiary/aromatic N) is 3. The SMILES string of the molecule is Cc1cccc2nc(CNC(C)c3ccccc3N(C)C)cn12. The summed E-state index contributed by atoms with van der Waals surface area (Å²) >= 11 is 0. The lowest BCUT2D eigenvalue weighted by atomic mass is 10.1. The Morgan fingerprint density at radius 1 is 1.13 bits per heavy atom. The molecule has 23 heavy (non-hydrogen) atoms. The summed E-state index contributed by atoms with van der Waals surface area (Å²) in [5.74, 6) is 0. The minimum atomic E-state index is 0.263. The molecule has 0 spiro atoms. The number of fused-ring (bicyclic) bond motifs is 1. The summed E-state index contributed by atoms with van der Waals surface area (Å²) in [4.78, 5) is 6.84. The minimum absolute atomic E-state index is 0.263. The lowest BCUT2D eigenvalue weighted by Gasteiger charge is -2.22. The maximum absolute atomic E-state index is 4.69. The molecule has 0 bridgehead atoms. The molecule has 2 aromatic heterocycles. The Morgan fingerprint density at radius 3 is 2.65 bits per heavy atom. The van der Waals surface area contributed by atoms with Gasteiger partial charge in [-0.3, -0.25) is 0 Å². The number of anilines is 1. The van der Waals surface area contributed by atoms with E-state index in [1.807, 2.05) is 12.1 Å². The molecule has 0 amide bonds. The van der Waals surface area contributed by atoms with E-state index in [0.717, 1.165) is 17.9 Å². The van der Waals surface area contributed by atoms with Crippen molar-refractivity contribution in [2.24, 2.45) is 0 Å². The molecule has 1 aromatic carbocycles. The van der Waals surface area contributed by atoms with Crippen LogP contribution in [0.5, 0.6) is 0 Å². The summed E-state index contributed by atoms with van der Waals surface area (Å²) < 4.78 is 2.13. The Hall–Kier alpha value is -2.33. The number of hydrogen-bond acceptors (Lipinski definition) is 3. The molecule has 3 aromatic rings. The molecule has 0 aliphatic rings. The van der Waals surface area contributed by atoms with Crippen molar-refractivity contribution in [1.82, 2.24) is 14.7 Å². The van der Waals surface area contributed by atoms with E-state index in [4.69, 9.17) is 0 Å². The Labute approximate surface area is 137 Å². The lowest BCUT2D eigenvalue weighted by Crippen LogP contribution is -2.21. The van der Waals surface area contributed by atoms with Crippen molar-refractivity contribution in [3.8, 4) is 0 Å². The standard InChI is InChI=1S/C19H24N4/c1-14-8-7-11-19-21-16(13-23(14)19)12-20-15(2)17-9-5-6-10-18(17)22(3)4/h5-11,13,15,20H,12H2,1-4H3. The van der Waals surface area contributed by atoms with Crippen LogP contribution in [0.2, 0.25) is 0 Å². The summed E-state index contributed by atoms with van der Waals surface area (Å²) in [5.41, 5.74) is 5.82. The van der Waals surface area contributed by atoms with Crippen LogP contribution in [0.1, 0.15) is 29.9 Å². The molecule has 4 nitrogen and oxygen atoms in total. The fourth-order valence-corrected chi connectivity index (χ4v) is 2.91. The van der Waals surface area contributed by atoms with E-state index in [1.54, 1.807) is 0 Å². The summed E-state index contributed by atoms with van der Waals surface area (Å²) in [6.07, 6.45) is 2.11. The maximum Gasteiger partial charge on any atom is 0.137 e. The quantitative estimate of drug-likeness (QED) is 0.782. The summed E-state index contributed by atoms with van der Waals surface area (Å²) in [5, 5.41) is 3.59. The van der Waals surface area contributed by atoms with Gasteiger partial charge in [-0.1, -0.05) is 24.3 Å². The molecule has 2 heterocycles. The van der Waals surface area contributed by atoms with Crippen LogP contribution in [-0.2, 0) is 6.54 Å². The van der Waals surface area contributed by atoms with Gasteiger partial charge < -0.3 is 14.6 Å². The van der Waals surface area contributed by atoms with E-state index in [9.17, 15) is 0 Å². The van der Waals surface area contributed by atoms with Crippen LogP contribution < -0.4 is 10.2 Å². The number of benzene rings is 1. The van der Waals surface area contributed by atoms with Crippen molar-refractivity contribution in [3.05, 3.63) is 65.6 Å². The van der Waals surface area contributed by atoms with Gasteiger partial charge in [0.1, 0.15) is 5.65 Å². The van der Waals surface area contributed by atoms with Gasteiger partial charge in [0.05, 0.1) is 5.69 Å². The average Bonchev–Trinajstić information content (AvgIpc) is 2.97. The van der Waals surface area contributed by atoms with Crippen molar-refractivity contribution >= 4 is 11.3 Å². The average molecular weight is 308 g/mol. The van der Waals surface area contributed by atoms with Crippen LogP contribution >= 0.6 is 0 Å². The zero-order valence-corrected chi connectivity index (χ0v) is 14.2. The molecule has 1 atom stereocenters. The second kappa shape index (κ2) is 6.42. The predicted octanol–water partition coefficient (Wildman–Crippen LogP) is 3.56. The minimum Gasteiger partial charge on any atom is -0.377 e. The third-order valence-corrected chi connectivity index (χ3v) is 4.22. The molecule has 1 N–H and O–H groups in total. The van der Waals surface area contributed by atoms with Gasteiger partial charge in [0, 0.05) is 44.3 Å². The Balaban J connectivity index is 1.76. The third-order valence-electron chi connectivity index (χ3n) is 4.22. The first-order valence-corrected chi connectivity index (χ1v) is 7.99. The van der Waals surface area contributed by atoms with Gasteiger partial charge in [-0.2, -0.15) is 0 Å². The molecule has 0 saturated heterocycles. The zero-order chi connectivity index (χ0) is 16.4. The van der Waals surface area contributed by atoms with Gasteiger partial charge >= 0.3 is 0 Å². The molecule has 120 valence electrons. The summed E-state index contributed by atoms with van der Waals surface area (Å²) in [6, 6.07) is 15.0. The van der Waals surface area contributed by atoms with Gasteiger partial charge in [0.15, 0.2) is 0 Å². The van der Waals surface area contributed by atoms with Crippen LogP contribution in [0.4, 0.5) is 5.69 Å². The second-order valence-corrected chi connectivity index (χ2v) is 6.18. The fraction of sp³-hybridized carbons (Fsp3) is 0.316. The smallest absolute Gasteiger partial charge is 0.137 e. The predicted molar refractivity (Wildman–Crippen MR) is 96.0 cm³/mol. The van der Waals surface area contributed by atoms with E-state index in [-0.39, 0.29) is 6.04 Å². The number of aryl methyl sites for hydroxylation is 1. The Kier molecular flexibility index (Phi) is 4.35. The van der Waals surface area contributed by atoms with Gasteiger partial charge in [0.25, 0.3) is 0 Å². The highest BCUT2D eigenvalue weighted by Gasteiger charge is 2.12. The number of para-hydroxylation sites is 1. The highest BCUT2D eigenvalue weighted by Crippen LogP contribution is 2.24. The maximum atomic E-state index is 4.69. The van der Waals surface area contributed by atoms with Crippen LogP contribution in [0.15, 0.2) is 48.7 Å². The van der Waals surface area contributed by atoms with E-state index < -0.39 is 0 Å². The number of aromatic nitrogens is 2. The second-order valence-electron chi connectivity index (χ2n) is 6.18. The third kappa shape index (κ3) is 3.22. The molecule has 0 aliphatic carbocycles. The highest BCUT2D eigenvalue weighted by molar-refractivity contribution is 5.53. The Morgan fingerprint density at radius 2 is 1.91 bits per heavy atom. The summed E-state index contributed by atoms with van der Waals surface area (Å²) in [7, 11) is 4.16. The van der Waals surface area contributed by atoms with Crippen molar-refractivity contribution < 1.29 is 0 Å². The number of rotatable bonds is 5. The van der Waals surface area contributed by atoms with E-state index in [0.29, 0.717) is 0 Å². The molecule has 0 saturated carbocycles. The van der Waals surface area contributed by atoms with Crippen LogP contribution in [0, 0.1) is 6.92 Å². The molecular formula is C19H24N4. The zero-order valence-electron chi connectivity index (χ0n) is 14.2. The summed E-state index contributed by atoms with van der Waals surface area (Å²) in [6.45, 7) is 5.05. The van der Waals surface area contributed by atoms with Gasteiger partial charge in [-0.05, 0) is 37.6 Å². The van der Waals surface area contributed by atoms with Crippen molar-refractivity contribution in [2.45, 2.75) is 26.4 Å². The van der Waals surface area contributed by atoms with Crippen LogP contribution in [0.3, 0.4) is 0 Å². The van der Waals surface area contributed by atoms with Crippen molar-refractivity contribution in [2.75, 3.05) is 19.0 Å². The fourth-order valence-electron chi connectivity index (χ4n) is 2.91. The van der Waals surface area contributed by atoms with Crippen molar-refractivity contribution in [3.63, 3.8) is 0 Å². The molecule has 0 fully saturated rings. The molecule has 0 radical (unpaired) electrons. The monoisotopic (exact) mass is 308 g/mol. The first kappa shape index (κ1) is 15.6. The van der Waals surface area contributed by atoms with Gasteiger partial charge in [-0.15, -0.1) is 0 Å². The van der Waals surface area contributed by atoms with Crippen LogP contribution in [0.25, 0.3) is 5.65 Å². The van der Waals surface area contributed by atoms with Crippen molar-refractivity contribution in [1.29, 1.82) is 0 Å².